The van der Waals surface area contributed by atoms with Crippen molar-refractivity contribution in [3.8, 4) is 0 Å². The molecule has 158 valence electrons. The van der Waals surface area contributed by atoms with Crippen LogP contribution in [-0.2, 0) is 18.3 Å². The molecule has 2 aromatic rings. The summed E-state index contributed by atoms with van der Waals surface area (Å²) in [7, 11) is 3.52. The predicted molar refractivity (Wildman–Crippen MR) is 110 cm³/mol. The third-order valence-electron chi connectivity index (χ3n) is 4.95. The highest BCUT2D eigenvalue weighted by Gasteiger charge is 2.29. The lowest BCUT2D eigenvalue weighted by Crippen LogP contribution is -2.48. The number of guanidine groups is 1. The zero-order valence-electron chi connectivity index (χ0n) is 16.9. The Bertz CT molecular complexity index is 823. The van der Waals surface area contributed by atoms with Crippen molar-refractivity contribution in [1.82, 2.24) is 30.3 Å². The largest absolute Gasteiger partial charge is 0.376 e. The molecule has 1 aliphatic heterocycles. The van der Waals surface area contributed by atoms with Crippen LogP contribution >= 0.6 is 11.6 Å². The molecule has 0 saturated carbocycles. The van der Waals surface area contributed by atoms with E-state index in [2.05, 4.69) is 30.6 Å². The summed E-state index contributed by atoms with van der Waals surface area (Å²) in [6.07, 6.45) is 1.58. The van der Waals surface area contributed by atoms with Gasteiger partial charge in [0, 0.05) is 44.3 Å². The second-order valence-electron chi connectivity index (χ2n) is 6.93. The third-order valence-corrected chi connectivity index (χ3v) is 5.28. The molecule has 8 nitrogen and oxygen atoms in total. The number of ether oxygens (including phenoxy) is 1. The summed E-state index contributed by atoms with van der Waals surface area (Å²) >= 11 is 6.39. The van der Waals surface area contributed by atoms with Gasteiger partial charge in [-0.15, -0.1) is 0 Å². The Hall–Kier alpha value is -2.23. The molecule has 2 unspecified atom stereocenters. The topological polar surface area (TPSA) is 79.6 Å². The molecule has 0 bridgehead atoms. The molecule has 0 amide bonds. The molecule has 1 aromatic heterocycles. The molecule has 10 heteroatoms. The van der Waals surface area contributed by atoms with Crippen LogP contribution in [0.25, 0.3) is 0 Å². The van der Waals surface area contributed by atoms with Crippen LogP contribution in [0.3, 0.4) is 0 Å². The standard InChI is InChI=1S/C19H27ClFN7O/c1-13-11-28(7-8-29-13)16(18-14(20)5-4-6-15(18)21)9-23-19(22-2)24-10-17-25-12-26-27(17)3/h4-6,12-13,16H,7-11H2,1-3H3,(H2,22,23,24). The third kappa shape index (κ3) is 5.43. The van der Waals surface area contributed by atoms with Gasteiger partial charge in [0.15, 0.2) is 5.96 Å². The highest BCUT2D eigenvalue weighted by Crippen LogP contribution is 2.31. The number of halogens is 2. The SMILES string of the molecule is CN=C(NCc1ncnn1C)NCC(c1c(F)cccc1Cl)N1CCOC(C)C1. The van der Waals surface area contributed by atoms with E-state index in [1.807, 2.05) is 14.0 Å². The number of nitrogens with one attached hydrogen (secondary N) is 2. The number of rotatable bonds is 6. The average molecular weight is 424 g/mol. The number of aliphatic imine (C=N–C) groups is 1. The number of hydrogen-bond acceptors (Lipinski definition) is 5. The maximum Gasteiger partial charge on any atom is 0.191 e. The minimum atomic E-state index is -0.314. The monoisotopic (exact) mass is 423 g/mol. The molecule has 1 fully saturated rings. The van der Waals surface area contributed by atoms with E-state index in [0.717, 1.165) is 5.82 Å². The maximum absolute atomic E-state index is 14.7. The molecule has 2 heterocycles. The van der Waals surface area contributed by atoms with Gasteiger partial charge in [-0.1, -0.05) is 17.7 Å². The van der Waals surface area contributed by atoms with Crippen molar-refractivity contribution in [3.63, 3.8) is 0 Å². The summed E-state index contributed by atoms with van der Waals surface area (Å²) in [4.78, 5) is 10.6. The molecule has 0 spiro atoms. The molecule has 1 saturated heterocycles. The molecule has 1 aliphatic rings. The maximum atomic E-state index is 14.7. The van der Waals surface area contributed by atoms with Crippen LogP contribution in [0.2, 0.25) is 5.02 Å². The quantitative estimate of drug-likeness (QED) is 0.544. The molecule has 3 rings (SSSR count). The zero-order valence-corrected chi connectivity index (χ0v) is 17.7. The summed E-state index contributed by atoms with van der Waals surface area (Å²) in [6, 6.07) is 4.52. The molecule has 29 heavy (non-hydrogen) atoms. The average Bonchev–Trinajstić information content (AvgIpc) is 3.11. The lowest BCUT2D eigenvalue weighted by Gasteiger charge is -2.38. The van der Waals surface area contributed by atoms with Gasteiger partial charge in [-0.3, -0.25) is 14.6 Å². The first-order valence-electron chi connectivity index (χ1n) is 9.56. The van der Waals surface area contributed by atoms with E-state index in [0.29, 0.717) is 49.3 Å². The molecule has 2 atom stereocenters. The van der Waals surface area contributed by atoms with Gasteiger partial charge < -0.3 is 15.4 Å². The first-order chi connectivity index (χ1) is 14.0. The molecule has 0 radical (unpaired) electrons. The second-order valence-corrected chi connectivity index (χ2v) is 7.34. The highest BCUT2D eigenvalue weighted by atomic mass is 35.5. The van der Waals surface area contributed by atoms with E-state index in [4.69, 9.17) is 16.3 Å². The molecule has 0 aliphatic carbocycles. The lowest BCUT2D eigenvalue weighted by atomic mass is 10.0. The van der Waals surface area contributed by atoms with Gasteiger partial charge in [0.25, 0.3) is 0 Å². The van der Waals surface area contributed by atoms with Crippen LogP contribution in [0.15, 0.2) is 29.5 Å². The van der Waals surface area contributed by atoms with Gasteiger partial charge in [0.2, 0.25) is 0 Å². The molecular weight excluding hydrogens is 397 g/mol. The molecular formula is C19H27ClFN7O. The van der Waals surface area contributed by atoms with Crippen LogP contribution in [0.4, 0.5) is 4.39 Å². The van der Waals surface area contributed by atoms with E-state index in [-0.39, 0.29) is 18.0 Å². The lowest BCUT2D eigenvalue weighted by molar-refractivity contribution is -0.0343. The Morgan fingerprint density at radius 1 is 1.45 bits per heavy atom. The molecule has 1 aromatic carbocycles. The van der Waals surface area contributed by atoms with E-state index in [1.165, 1.54) is 12.4 Å². The predicted octanol–water partition coefficient (Wildman–Crippen LogP) is 1.73. The van der Waals surface area contributed by atoms with Crippen LogP contribution < -0.4 is 10.6 Å². The van der Waals surface area contributed by atoms with E-state index in [1.54, 1.807) is 23.9 Å². The summed E-state index contributed by atoms with van der Waals surface area (Å²) in [5.41, 5.74) is 0.486. The fourth-order valence-corrected chi connectivity index (χ4v) is 3.72. The number of aryl methyl sites for hydroxylation is 1. The van der Waals surface area contributed by atoms with Crippen LogP contribution in [0.1, 0.15) is 24.4 Å². The number of morpholine rings is 1. The van der Waals surface area contributed by atoms with Gasteiger partial charge in [-0.25, -0.2) is 9.37 Å². The van der Waals surface area contributed by atoms with Crippen molar-refractivity contribution in [1.29, 1.82) is 0 Å². The number of benzene rings is 1. The summed E-state index contributed by atoms with van der Waals surface area (Å²) in [5.74, 6) is 1.06. The fourth-order valence-electron chi connectivity index (χ4n) is 3.43. The van der Waals surface area contributed by atoms with Gasteiger partial charge in [-0.2, -0.15) is 5.10 Å². The van der Waals surface area contributed by atoms with E-state index in [9.17, 15) is 4.39 Å². The van der Waals surface area contributed by atoms with Crippen molar-refractivity contribution >= 4 is 17.6 Å². The van der Waals surface area contributed by atoms with Crippen molar-refractivity contribution in [3.05, 3.63) is 46.8 Å². The number of nitrogens with zero attached hydrogens (tertiary/aromatic N) is 5. The first kappa shape index (κ1) is 21.5. The second kappa shape index (κ2) is 10.00. The fraction of sp³-hybridized carbons (Fsp3) is 0.526. The van der Waals surface area contributed by atoms with Crippen molar-refractivity contribution in [2.45, 2.75) is 25.6 Å². The Morgan fingerprint density at radius 3 is 2.93 bits per heavy atom. The van der Waals surface area contributed by atoms with E-state index >= 15 is 0 Å². The van der Waals surface area contributed by atoms with E-state index < -0.39 is 0 Å². The summed E-state index contributed by atoms with van der Waals surface area (Å²) < 4.78 is 22.0. The summed E-state index contributed by atoms with van der Waals surface area (Å²) in [5, 5.41) is 11.0. The van der Waals surface area contributed by atoms with Gasteiger partial charge in [0.1, 0.15) is 18.0 Å². The summed E-state index contributed by atoms with van der Waals surface area (Å²) in [6.45, 7) is 4.92. The minimum absolute atomic E-state index is 0.0742. The van der Waals surface area contributed by atoms with Gasteiger partial charge >= 0.3 is 0 Å². The highest BCUT2D eigenvalue weighted by molar-refractivity contribution is 6.31. The van der Waals surface area contributed by atoms with Crippen molar-refractivity contribution in [2.75, 3.05) is 33.3 Å². The molecule has 2 N–H and O–H groups in total. The number of aromatic nitrogens is 3. The number of hydrogen-bond donors (Lipinski definition) is 2. The Kier molecular flexibility index (Phi) is 7.40. The minimum Gasteiger partial charge on any atom is -0.376 e. The Balaban J connectivity index is 1.73. The van der Waals surface area contributed by atoms with Crippen LogP contribution in [0.5, 0.6) is 0 Å². The van der Waals surface area contributed by atoms with Gasteiger partial charge in [0.05, 0.1) is 25.3 Å². The van der Waals surface area contributed by atoms with Crippen LogP contribution in [-0.4, -0.2) is 65.0 Å². The van der Waals surface area contributed by atoms with Crippen molar-refractivity contribution in [2.24, 2.45) is 12.0 Å². The van der Waals surface area contributed by atoms with Gasteiger partial charge in [-0.05, 0) is 19.1 Å². The zero-order chi connectivity index (χ0) is 20.8. The normalized spacial score (nSPS) is 19.2. The van der Waals surface area contributed by atoms with Crippen LogP contribution in [0, 0.1) is 5.82 Å². The first-order valence-corrected chi connectivity index (χ1v) is 9.94. The Morgan fingerprint density at radius 2 is 2.28 bits per heavy atom. The van der Waals surface area contributed by atoms with Crippen molar-refractivity contribution < 1.29 is 9.13 Å². The Labute approximate surface area is 175 Å². The smallest absolute Gasteiger partial charge is 0.191 e.